The summed E-state index contributed by atoms with van der Waals surface area (Å²) in [5, 5.41) is 7.01. The van der Waals surface area contributed by atoms with Crippen molar-refractivity contribution in [1.29, 1.82) is 0 Å². The van der Waals surface area contributed by atoms with E-state index < -0.39 is 0 Å². The number of carbonyl (C=O) groups is 1. The Hall–Kier alpha value is -2.67. The van der Waals surface area contributed by atoms with Gasteiger partial charge in [0.1, 0.15) is 18.4 Å². The molecule has 0 saturated carbocycles. The second-order valence-corrected chi connectivity index (χ2v) is 6.52. The molecule has 0 bridgehead atoms. The number of carbonyl (C=O) groups excluding carboxylic acids is 1. The molecule has 1 heterocycles. The highest BCUT2D eigenvalue weighted by Gasteiger charge is 2.04. The van der Waals surface area contributed by atoms with E-state index in [0.29, 0.717) is 26.0 Å². The summed E-state index contributed by atoms with van der Waals surface area (Å²) in [7, 11) is 0. The number of ether oxygens (including phenoxy) is 1. The molecular weight excluding hydrogens is 396 g/mol. The maximum Gasteiger partial charge on any atom is 0.220 e. The first-order valence-corrected chi connectivity index (χ1v) is 9.09. The maximum absolute atomic E-state index is 12.0. The van der Waals surface area contributed by atoms with Crippen molar-refractivity contribution in [1.82, 2.24) is 20.1 Å². The van der Waals surface area contributed by atoms with Gasteiger partial charge in [-0.05, 0) is 52.2 Å². The average Bonchev–Trinajstić information content (AvgIpc) is 3.20. The fraction of sp³-hybridized carbons (Fsp3) is 0.211. The van der Waals surface area contributed by atoms with Crippen LogP contribution in [0.4, 0.5) is 0 Å². The van der Waals surface area contributed by atoms with Gasteiger partial charge in [0.2, 0.25) is 5.91 Å². The van der Waals surface area contributed by atoms with E-state index in [1.54, 1.807) is 11.0 Å². The van der Waals surface area contributed by atoms with E-state index in [4.69, 9.17) is 4.74 Å². The van der Waals surface area contributed by atoms with Gasteiger partial charge in [-0.15, -0.1) is 0 Å². The normalized spacial score (nSPS) is 10.5. The molecule has 3 rings (SSSR count). The average molecular weight is 415 g/mol. The SMILES string of the molecule is O=C(CCCOc1ccccc1Br)NCc1ccc(-n2cncn2)cc1. The molecule has 0 aliphatic rings. The van der Waals surface area contributed by atoms with Crippen molar-refractivity contribution in [2.24, 2.45) is 0 Å². The minimum atomic E-state index is 0.0149. The summed E-state index contributed by atoms with van der Waals surface area (Å²) in [4.78, 5) is 15.9. The van der Waals surface area contributed by atoms with Crippen LogP contribution in [0.5, 0.6) is 5.75 Å². The third-order valence-electron chi connectivity index (χ3n) is 3.75. The topological polar surface area (TPSA) is 69.0 Å². The summed E-state index contributed by atoms with van der Waals surface area (Å²) >= 11 is 3.43. The van der Waals surface area contributed by atoms with Crippen molar-refractivity contribution in [3.8, 4) is 11.4 Å². The molecule has 0 aliphatic carbocycles. The van der Waals surface area contributed by atoms with Gasteiger partial charge in [0.15, 0.2) is 0 Å². The van der Waals surface area contributed by atoms with Crippen molar-refractivity contribution >= 4 is 21.8 Å². The monoisotopic (exact) mass is 414 g/mol. The Balaban J connectivity index is 1.37. The Kier molecular flexibility index (Phi) is 6.38. The molecule has 0 atom stereocenters. The first kappa shape index (κ1) is 18.1. The summed E-state index contributed by atoms with van der Waals surface area (Å²) in [6.07, 6.45) is 4.24. The predicted octanol–water partition coefficient (Wildman–Crippen LogP) is 3.51. The van der Waals surface area contributed by atoms with Crippen LogP contribution in [0.2, 0.25) is 0 Å². The number of para-hydroxylation sites is 1. The van der Waals surface area contributed by atoms with Crippen molar-refractivity contribution in [2.45, 2.75) is 19.4 Å². The lowest BCUT2D eigenvalue weighted by Gasteiger charge is -2.09. The van der Waals surface area contributed by atoms with Crippen LogP contribution < -0.4 is 10.1 Å². The molecule has 6 nitrogen and oxygen atoms in total. The van der Waals surface area contributed by atoms with Crippen LogP contribution in [0.15, 0.2) is 65.7 Å². The van der Waals surface area contributed by atoms with Crippen molar-refractivity contribution < 1.29 is 9.53 Å². The first-order valence-electron chi connectivity index (χ1n) is 8.30. The van der Waals surface area contributed by atoms with Gasteiger partial charge in [-0.3, -0.25) is 4.79 Å². The summed E-state index contributed by atoms with van der Waals surface area (Å²) in [6.45, 7) is 1.00. The van der Waals surface area contributed by atoms with E-state index in [1.165, 1.54) is 6.33 Å². The number of aromatic nitrogens is 3. The summed E-state index contributed by atoms with van der Waals surface area (Å²) in [5.41, 5.74) is 1.97. The van der Waals surface area contributed by atoms with E-state index in [-0.39, 0.29) is 5.91 Å². The van der Waals surface area contributed by atoms with Gasteiger partial charge >= 0.3 is 0 Å². The molecule has 1 N–H and O–H groups in total. The smallest absolute Gasteiger partial charge is 0.220 e. The first-order chi connectivity index (χ1) is 12.7. The number of nitrogens with one attached hydrogen (secondary N) is 1. The quantitative estimate of drug-likeness (QED) is 0.572. The summed E-state index contributed by atoms with van der Waals surface area (Å²) in [5.74, 6) is 0.807. The number of hydrogen-bond donors (Lipinski definition) is 1. The highest BCUT2D eigenvalue weighted by atomic mass is 79.9. The Labute approximate surface area is 160 Å². The standard InChI is InChI=1S/C19H19BrN4O2/c20-17-4-1-2-5-18(17)26-11-3-6-19(25)22-12-15-7-9-16(10-8-15)24-14-21-13-23-24/h1-2,4-5,7-10,13-14H,3,6,11-12H2,(H,22,25). The maximum atomic E-state index is 12.0. The van der Waals surface area contributed by atoms with Crippen LogP contribution >= 0.6 is 15.9 Å². The van der Waals surface area contributed by atoms with Crippen LogP contribution in [-0.2, 0) is 11.3 Å². The van der Waals surface area contributed by atoms with E-state index in [9.17, 15) is 4.79 Å². The second kappa shape index (κ2) is 9.15. The lowest BCUT2D eigenvalue weighted by Crippen LogP contribution is -2.23. The minimum absolute atomic E-state index is 0.0149. The molecular formula is C19H19BrN4O2. The predicted molar refractivity (Wildman–Crippen MR) is 102 cm³/mol. The van der Waals surface area contributed by atoms with E-state index in [0.717, 1.165) is 21.5 Å². The van der Waals surface area contributed by atoms with Gasteiger partial charge in [0, 0.05) is 13.0 Å². The number of nitrogens with zero attached hydrogens (tertiary/aromatic N) is 3. The van der Waals surface area contributed by atoms with Crippen molar-refractivity contribution in [2.75, 3.05) is 6.61 Å². The molecule has 0 radical (unpaired) electrons. The number of hydrogen-bond acceptors (Lipinski definition) is 4. The molecule has 0 unspecified atom stereocenters. The van der Waals surface area contributed by atoms with Gasteiger partial charge in [-0.25, -0.2) is 9.67 Å². The third kappa shape index (κ3) is 5.16. The molecule has 26 heavy (non-hydrogen) atoms. The lowest BCUT2D eigenvalue weighted by molar-refractivity contribution is -0.121. The van der Waals surface area contributed by atoms with Gasteiger partial charge in [-0.1, -0.05) is 24.3 Å². The van der Waals surface area contributed by atoms with Crippen molar-refractivity contribution in [3.05, 3.63) is 71.2 Å². The zero-order valence-corrected chi connectivity index (χ0v) is 15.7. The molecule has 7 heteroatoms. The summed E-state index contributed by atoms with van der Waals surface area (Å²) < 4.78 is 8.26. The number of amides is 1. The third-order valence-corrected chi connectivity index (χ3v) is 4.41. The number of rotatable bonds is 8. The summed E-state index contributed by atoms with van der Waals surface area (Å²) in [6, 6.07) is 15.5. The highest BCUT2D eigenvalue weighted by molar-refractivity contribution is 9.10. The van der Waals surface area contributed by atoms with Gasteiger partial charge < -0.3 is 10.1 Å². The van der Waals surface area contributed by atoms with Gasteiger partial charge in [0.05, 0.1) is 16.8 Å². The fourth-order valence-corrected chi connectivity index (χ4v) is 2.77. The lowest BCUT2D eigenvalue weighted by atomic mass is 10.2. The molecule has 0 fully saturated rings. The molecule has 1 aromatic heterocycles. The van der Waals surface area contributed by atoms with E-state index in [1.807, 2.05) is 48.5 Å². The molecule has 0 saturated heterocycles. The molecule has 1 amide bonds. The molecule has 0 aliphatic heterocycles. The Morgan fingerprint density at radius 3 is 2.69 bits per heavy atom. The number of benzene rings is 2. The van der Waals surface area contributed by atoms with Crippen molar-refractivity contribution in [3.63, 3.8) is 0 Å². The van der Waals surface area contributed by atoms with E-state index in [2.05, 4.69) is 31.3 Å². The van der Waals surface area contributed by atoms with Crippen LogP contribution in [0.1, 0.15) is 18.4 Å². The number of halogens is 1. The van der Waals surface area contributed by atoms with Crippen LogP contribution in [0.3, 0.4) is 0 Å². The zero-order valence-electron chi connectivity index (χ0n) is 14.1. The Morgan fingerprint density at radius 2 is 1.96 bits per heavy atom. The minimum Gasteiger partial charge on any atom is -0.492 e. The second-order valence-electron chi connectivity index (χ2n) is 5.67. The van der Waals surface area contributed by atoms with Crippen LogP contribution in [0, 0.1) is 0 Å². The van der Waals surface area contributed by atoms with E-state index >= 15 is 0 Å². The van der Waals surface area contributed by atoms with Gasteiger partial charge in [-0.2, -0.15) is 5.10 Å². The van der Waals surface area contributed by atoms with Crippen LogP contribution in [0.25, 0.3) is 5.69 Å². The highest BCUT2D eigenvalue weighted by Crippen LogP contribution is 2.23. The molecule has 3 aromatic rings. The van der Waals surface area contributed by atoms with Gasteiger partial charge in [0.25, 0.3) is 0 Å². The largest absolute Gasteiger partial charge is 0.492 e. The molecule has 134 valence electrons. The van der Waals surface area contributed by atoms with Crippen LogP contribution in [-0.4, -0.2) is 27.3 Å². The molecule has 2 aromatic carbocycles. The molecule has 0 spiro atoms. The Morgan fingerprint density at radius 1 is 1.15 bits per heavy atom. The zero-order chi connectivity index (χ0) is 18.2. The fourth-order valence-electron chi connectivity index (χ4n) is 2.37. The Bertz CT molecular complexity index is 835.